The minimum Gasteiger partial charge on any atom is -0.481 e. The number of fused-ring (bicyclic) bond motifs is 3. The molecular formula is C21H20FNO4. The molecule has 1 fully saturated rings. The molecule has 0 atom stereocenters. The van der Waals surface area contributed by atoms with Gasteiger partial charge in [-0.25, -0.2) is 9.18 Å². The number of hydrogen-bond donors (Lipinski definition) is 2. The fraction of sp³-hybridized carbons (Fsp3) is 0.333. The number of carbonyl (C=O) groups excluding carboxylic acids is 1. The zero-order chi connectivity index (χ0) is 19.0. The molecule has 2 aliphatic carbocycles. The molecule has 0 radical (unpaired) electrons. The summed E-state index contributed by atoms with van der Waals surface area (Å²) in [6.07, 6.45) is -0.842. The van der Waals surface area contributed by atoms with Gasteiger partial charge in [0.25, 0.3) is 0 Å². The largest absolute Gasteiger partial charge is 0.481 e. The molecule has 2 aromatic rings. The second-order valence-corrected chi connectivity index (χ2v) is 7.27. The van der Waals surface area contributed by atoms with Crippen molar-refractivity contribution < 1.29 is 23.8 Å². The van der Waals surface area contributed by atoms with Gasteiger partial charge in [-0.1, -0.05) is 48.5 Å². The molecule has 0 spiro atoms. The van der Waals surface area contributed by atoms with E-state index in [1.54, 1.807) is 0 Å². The maximum Gasteiger partial charge on any atom is 0.407 e. The van der Waals surface area contributed by atoms with Crippen LogP contribution < -0.4 is 5.32 Å². The molecule has 4 rings (SSSR count). The van der Waals surface area contributed by atoms with E-state index in [4.69, 9.17) is 9.84 Å². The molecule has 1 amide bonds. The van der Waals surface area contributed by atoms with E-state index < -0.39 is 23.6 Å². The van der Waals surface area contributed by atoms with Crippen LogP contribution in [-0.4, -0.2) is 36.0 Å². The van der Waals surface area contributed by atoms with Crippen molar-refractivity contribution >= 4 is 12.1 Å². The van der Waals surface area contributed by atoms with Crippen molar-refractivity contribution in [3.8, 4) is 11.1 Å². The lowest BCUT2D eigenvalue weighted by Gasteiger charge is -2.38. The second-order valence-electron chi connectivity index (χ2n) is 7.27. The first kappa shape index (κ1) is 17.5. The van der Waals surface area contributed by atoms with Crippen molar-refractivity contribution in [3.63, 3.8) is 0 Å². The molecule has 2 N–H and O–H groups in total. The van der Waals surface area contributed by atoms with Crippen LogP contribution in [0, 0.1) is 5.92 Å². The number of alkyl carbamates (subject to hydrolysis) is 1. The quantitative estimate of drug-likeness (QED) is 0.842. The number of ether oxygens (including phenoxy) is 1. The van der Waals surface area contributed by atoms with Crippen LogP contribution in [0.5, 0.6) is 0 Å². The van der Waals surface area contributed by atoms with Gasteiger partial charge in [-0.2, -0.15) is 0 Å². The Morgan fingerprint density at radius 3 is 2.19 bits per heavy atom. The highest BCUT2D eigenvalue weighted by Gasteiger charge is 2.48. The molecule has 0 aromatic heterocycles. The lowest BCUT2D eigenvalue weighted by Crippen LogP contribution is -2.51. The minimum atomic E-state index is -1.66. The number of carbonyl (C=O) groups is 2. The van der Waals surface area contributed by atoms with E-state index in [0.29, 0.717) is 0 Å². The smallest absolute Gasteiger partial charge is 0.407 e. The molecule has 0 saturated heterocycles. The number of carboxylic acids is 1. The van der Waals surface area contributed by atoms with E-state index in [1.165, 1.54) is 0 Å². The lowest BCUT2D eigenvalue weighted by atomic mass is 9.72. The summed E-state index contributed by atoms with van der Waals surface area (Å²) in [5.74, 6) is -1.72. The molecule has 2 aliphatic rings. The van der Waals surface area contributed by atoms with Crippen molar-refractivity contribution in [2.24, 2.45) is 5.92 Å². The topological polar surface area (TPSA) is 75.6 Å². The van der Waals surface area contributed by atoms with Crippen LogP contribution in [0.15, 0.2) is 48.5 Å². The average Bonchev–Trinajstić information content (AvgIpc) is 2.96. The van der Waals surface area contributed by atoms with E-state index in [1.807, 2.05) is 36.4 Å². The predicted octanol–water partition coefficient (Wildman–Crippen LogP) is 3.73. The van der Waals surface area contributed by atoms with E-state index in [-0.39, 0.29) is 31.9 Å². The first-order valence-electron chi connectivity index (χ1n) is 8.97. The molecule has 1 saturated carbocycles. The normalized spacial score (nSPS) is 23.1. The van der Waals surface area contributed by atoms with Crippen LogP contribution >= 0.6 is 0 Å². The van der Waals surface area contributed by atoms with Crippen LogP contribution in [0.4, 0.5) is 9.18 Å². The van der Waals surface area contributed by atoms with Gasteiger partial charge < -0.3 is 15.2 Å². The SMILES string of the molecule is O=C(NCC1(F)CC(C(=O)O)C1)OCC1c2ccccc2-c2ccccc21. The highest BCUT2D eigenvalue weighted by atomic mass is 19.1. The number of hydrogen-bond acceptors (Lipinski definition) is 3. The van der Waals surface area contributed by atoms with Crippen LogP contribution in [0.1, 0.15) is 29.9 Å². The van der Waals surface area contributed by atoms with E-state index in [9.17, 15) is 14.0 Å². The van der Waals surface area contributed by atoms with E-state index in [0.717, 1.165) is 22.3 Å². The summed E-state index contributed by atoms with van der Waals surface area (Å²) in [6.45, 7) is -0.0651. The van der Waals surface area contributed by atoms with Gasteiger partial charge in [0, 0.05) is 5.92 Å². The zero-order valence-electron chi connectivity index (χ0n) is 14.7. The van der Waals surface area contributed by atoms with Gasteiger partial charge in [0.05, 0.1) is 12.5 Å². The second kappa shape index (κ2) is 6.68. The summed E-state index contributed by atoms with van der Waals surface area (Å²) in [4.78, 5) is 22.8. The van der Waals surface area contributed by atoms with Crippen molar-refractivity contribution in [1.82, 2.24) is 5.32 Å². The highest BCUT2D eigenvalue weighted by Crippen LogP contribution is 2.44. The summed E-state index contributed by atoms with van der Waals surface area (Å²) in [5, 5.41) is 11.3. The third-order valence-corrected chi connectivity index (χ3v) is 5.47. The molecule has 0 heterocycles. The maximum atomic E-state index is 14.3. The van der Waals surface area contributed by atoms with Crippen molar-refractivity contribution in [2.75, 3.05) is 13.2 Å². The number of amides is 1. The first-order valence-corrected chi connectivity index (χ1v) is 8.97. The third-order valence-electron chi connectivity index (χ3n) is 5.47. The van der Waals surface area contributed by atoms with Crippen molar-refractivity contribution in [3.05, 3.63) is 59.7 Å². The molecule has 140 valence electrons. The van der Waals surface area contributed by atoms with Crippen molar-refractivity contribution in [1.29, 1.82) is 0 Å². The Kier molecular flexibility index (Phi) is 4.34. The zero-order valence-corrected chi connectivity index (χ0v) is 14.7. The van der Waals surface area contributed by atoms with Gasteiger partial charge >= 0.3 is 12.1 Å². The van der Waals surface area contributed by atoms with E-state index in [2.05, 4.69) is 17.4 Å². The minimum absolute atomic E-state index is 0.0532. The standard InChI is InChI=1S/C21H20FNO4/c22-21(9-13(10-21)19(24)25)12-23-20(26)27-11-18-16-7-3-1-5-14(16)15-6-2-4-8-17(15)18/h1-8,13,18H,9-12H2,(H,23,26)(H,24,25). The molecule has 5 nitrogen and oxygen atoms in total. The average molecular weight is 369 g/mol. The number of nitrogens with one attached hydrogen (secondary N) is 1. The van der Waals surface area contributed by atoms with Gasteiger partial charge in [0.15, 0.2) is 0 Å². The highest BCUT2D eigenvalue weighted by molar-refractivity contribution is 5.79. The Bertz CT molecular complexity index is 846. The molecule has 2 aromatic carbocycles. The van der Waals surface area contributed by atoms with Gasteiger partial charge in [-0.3, -0.25) is 4.79 Å². The monoisotopic (exact) mass is 369 g/mol. The third kappa shape index (κ3) is 3.27. The van der Waals surface area contributed by atoms with Crippen LogP contribution in [0.25, 0.3) is 11.1 Å². The number of alkyl halides is 1. The van der Waals surface area contributed by atoms with Crippen LogP contribution in [-0.2, 0) is 9.53 Å². The van der Waals surface area contributed by atoms with Crippen LogP contribution in [0.3, 0.4) is 0 Å². The Morgan fingerprint density at radius 1 is 1.07 bits per heavy atom. The summed E-state index contributed by atoms with van der Waals surface area (Å²) < 4.78 is 19.6. The first-order chi connectivity index (χ1) is 13.0. The number of benzene rings is 2. The van der Waals surface area contributed by atoms with Gasteiger partial charge in [-0.15, -0.1) is 0 Å². The molecule has 6 heteroatoms. The Labute approximate surface area is 156 Å². The maximum absolute atomic E-state index is 14.3. The molecule has 0 bridgehead atoms. The fourth-order valence-electron chi connectivity index (χ4n) is 4.02. The van der Waals surface area contributed by atoms with Gasteiger partial charge in [0.1, 0.15) is 12.3 Å². The molecule has 0 aliphatic heterocycles. The molecule has 0 unspecified atom stereocenters. The summed E-state index contributed by atoms with van der Waals surface area (Å²) in [6, 6.07) is 16.0. The molecule has 27 heavy (non-hydrogen) atoms. The summed E-state index contributed by atoms with van der Waals surface area (Å²) >= 11 is 0. The number of halogens is 1. The molecular weight excluding hydrogens is 349 g/mol. The van der Waals surface area contributed by atoms with E-state index >= 15 is 0 Å². The Balaban J connectivity index is 1.35. The number of carboxylic acid groups (broad SMARTS) is 1. The lowest BCUT2D eigenvalue weighted by molar-refractivity contribution is -0.151. The van der Waals surface area contributed by atoms with Crippen molar-refractivity contribution in [2.45, 2.75) is 24.4 Å². The summed E-state index contributed by atoms with van der Waals surface area (Å²) in [5.41, 5.74) is 2.83. The summed E-state index contributed by atoms with van der Waals surface area (Å²) in [7, 11) is 0. The predicted molar refractivity (Wildman–Crippen MR) is 97.3 cm³/mol. The van der Waals surface area contributed by atoms with Gasteiger partial charge in [-0.05, 0) is 35.1 Å². The number of rotatable bonds is 5. The Hall–Kier alpha value is -2.89. The van der Waals surface area contributed by atoms with Gasteiger partial charge in [0.2, 0.25) is 0 Å². The fourth-order valence-corrected chi connectivity index (χ4v) is 4.02. The Morgan fingerprint density at radius 2 is 1.63 bits per heavy atom. The van der Waals surface area contributed by atoms with Crippen LogP contribution in [0.2, 0.25) is 0 Å². The number of aliphatic carboxylic acids is 1.